The van der Waals surface area contributed by atoms with Crippen LogP contribution in [0.25, 0.3) is 0 Å². The fraction of sp³-hybridized carbons (Fsp3) is 0.667. The first kappa shape index (κ1) is 14.8. The molecule has 0 spiro atoms. The molecule has 1 atom stereocenters. The average Bonchev–Trinajstić information content (AvgIpc) is 2.96. The van der Waals surface area contributed by atoms with Gasteiger partial charge in [-0.3, -0.25) is 0 Å². The second kappa shape index (κ2) is 5.83. The summed E-state index contributed by atoms with van der Waals surface area (Å²) in [6.45, 7) is 3.25. The van der Waals surface area contributed by atoms with Gasteiger partial charge in [-0.15, -0.1) is 11.6 Å². The Labute approximate surface area is 118 Å². The lowest BCUT2D eigenvalue weighted by atomic mass is 10.1. The molecular formula is C12H18ClNO4S. The van der Waals surface area contributed by atoms with Crippen molar-refractivity contribution < 1.29 is 17.6 Å². The molecule has 1 saturated heterocycles. The summed E-state index contributed by atoms with van der Waals surface area (Å²) in [4.78, 5) is 0.223. The number of aryl methyl sites for hydroxylation is 1. The first-order chi connectivity index (χ1) is 8.98. The molecule has 19 heavy (non-hydrogen) atoms. The van der Waals surface area contributed by atoms with Crippen LogP contribution in [-0.4, -0.2) is 39.5 Å². The van der Waals surface area contributed by atoms with E-state index in [1.165, 1.54) is 10.4 Å². The predicted molar refractivity (Wildman–Crippen MR) is 71.7 cm³/mol. The number of halogens is 1. The molecule has 1 fully saturated rings. The number of ether oxygens (including phenoxy) is 1. The summed E-state index contributed by atoms with van der Waals surface area (Å²) >= 11 is 5.67. The van der Waals surface area contributed by atoms with Crippen molar-refractivity contribution in [2.45, 2.75) is 24.1 Å². The lowest BCUT2D eigenvalue weighted by Crippen LogP contribution is -2.29. The van der Waals surface area contributed by atoms with E-state index in [0.29, 0.717) is 31.2 Å². The number of furan rings is 1. The standard InChI is InChI=1S/C12H18ClNO4S/c1-9-12(5-11(6-13)18-9)19(15,16)14-4-3-10(7-14)8-17-2/h5,10H,3-4,6-8H2,1-2H3. The smallest absolute Gasteiger partial charge is 0.246 e. The number of hydrogen-bond acceptors (Lipinski definition) is 4. The normalized spacial score (nSPS) is 21.1. The summed E-state index contributed by atoms with van der Waals surface area (Å²) in [6, 6.07) is 1.52. The highest BCUT2D eigenvalue weighted by molar-refractivity contribution is 7.89. The summed E-state index contributed by atoms with van der Waals surface area (Å²) < 4.78 is 36.9. The van der Waals surface area contributed by atoms with Crippen LogP contribution in [0.2, 0.25) is 0 Å². The molecule has 0 saturated carbocycles. The highest BCUT2D eigenvalue weighted by Gasteiger charge is 2.34. The predicted octanol–water partition coefficient (Wildman–Crippen LogP) is 1.98. The molecule has 1 aliphatic heterocycles. The fourth-order valence-electron chi connectivity index (χ4n) is 2.37. The maximum atomic E-state index is 12.5. The Morgan fingerprint density at radius 1 is 1.58 bits per heavy atom. The van der Waals surface area contributed by atoms with E-state index in [4.69, 9.17) is 20.8 Å². The molecule has 0 radical (unpaired) electrons. The second-order valence-corrected chi connectivity index (χ2v) is 6.91. The monoisotopic (exact) mass is 307 g/mol. The van der Waals surface area contributed by atoms with Gasteiger partial charge in [0.05, 0.1) is 12.5 Å². The zero-order chi connectivity index (χ0) is 14.0. The Bertz CT molecular complexity index is 540. The Kier molecular flexibility index (Phi) is 4.55. The Balaban J connectivity index is 2.21. The van der Waals surface area contributed by atoms with Gasteiger partial charge in [-0.25, -0.2) is 8.42 Å². The van der Waals surface area contributed by atoms with Crippen molar-refractivity contribution in [1.82, 2.24) is 4.31 Å². The summed E-state index contributed by atoms with van der Waals surface area (Å²) in [5.74, 6) is 1.30. The number of rotatable bonds is 5. The van der Waals surface area contributed by atoms with Crippen LogP contribution >= 0.6 is 11.6 Å². The van der Waals surface area contributed by atoms with Crippen LogP contribution in [0.4, 0.5) is 0 Å². The third kappa shape index (κ3) is 2.97. The maximum Gasteiger partial charge on any atom is 0.246 e. The molecule has 108 valence electrons. The minimum absolute atomic E-state index is 0.169. The Morgan fingerprint density at radius 3 is 2.89 bits per heavy atom. The lowest BCUT2D eigenvalue weighted by molar-refractivity contribution is 0.157. The molecule has 0 amide bonds. The summed E-state index contributed by atoms with van der Waals surface area (Å²) in [6.07, 6.45) is 0.826. The van der Waals surface area contributed by atoms with E-state index in [9.17, 15) is 8.42 Å². The van der Waals surface area contributed by atoms with E-state index in [1.54, 1.807) is 14.0 Å². The molecule has 0 aliphatic carbocycles. The second-order valence-electron chi connectivity index (χ2n) is 4.74. The van der Waals surface area contributed by atoms with Crippen LogP contribution < -0.4 is 0 Å². The van der Waals surface area contributed by atoms with Crippen molar-refractivity contribution in [1.29, 1.82) is 0 Å². The summed E-state index contributed by atoms with van der Waals surface area (Å²) in [5, 5.41) is 0. The minimum atomic E-state index is -3.48. The largest absolute Gasteiger partial charge is 0.464 e. The highest BCUT2D eigenvalue weighted by atomic mass is 35.5. The number of nitrogens with zero attached hydrogens (tertiary/aromatic N) is 1. The average molecular weight is 308 g/mol. The zero-order valence-corrected chi connectivity index (χ0v) is 12.6. The molecule has 0 bridgehead atoms. The highest BCUT2D eigenvalue weighted by Crippen LogP contribution is 2.28. The number of methoxy groups -OCH3 is 1. The van der Waals surface area contributed by atoms with E-state index >= 15 is 0 Å². The minimum Gasteiger partial charge on any atom is -0.464 e. The van der Waals surface area contributed by atoms with Gasteiger partial charge in [0.25, 0.3) is 0 Å². The van der Waals surface area contributed by atoms with Crippen LogP contribution in [0.5, 0.6) is 0 Å². The van der Waals surface area contributed by atoms with Crippen LogP contribution in [0.3, 0.4) is 0 Å². The molecule has 0 N–H and O–H groups in total. The van der Waals surface area contributed by atoms with Crippen molar-refractivity contribution in [2.24, 2.45) is 5.92 Å². The van der Waals surface area contributed by atoms with Crippen molar-refractivity contribution in [3.63, 3.8) is 0 Å². The molecule has 2 heterocycles. The summed E-state index contributed by atoms with van der Waals surface area (Å²) in [5.41, 5.74) is 0. The molecule has 5 nitrogen and oxygen atoms in total. The quantitative estimate of drug-likeness (QED) is 0.781. The van der Waals surface area contributed by atoms with Gasteiger partial charge in [-0.2, -0.15) is 4.31 Å². The Hall–Kier alpha value is -0.560. The third-order valence-electron chi connectivity index (χ3n) is 3.32. The van der Waals surface area contributed by atoms with Crippen molar-refractivity contribution in [3.8, 4) is 0 Å². The number of sulfonamides is 1. The molecule has 1 aromatic heterocycles. The van der Waals surface area contributed by atoms with Crippen LogP contribution in [0.15, 0.2) is 15.4 Å². The maximum absolute atomic E-state index is 12.5. The molecule has 7 heteroatoms. The van der Waals surface area contributed by atoms with Gasteiger partial charge in [0.2, 0.25) is 10.0 Å². The van der Waals surface area contributed by atoms with Gasteiger partial charge in [-0.05, 0) is 19.3 Å². The molecule has 0 aromatic carbocycles. The lowest BCUT2D eigenvalue weighted by Gasteiger charge is -2.15. The fourth-order valence-corrected chi connectivity index (χ4v) is 4.22. The first-order valence-electron chi connectivity index (χ1n) is 6.13. The van der Waals surface area contributed by atoms with E-state index in [0.717, 1.165) is 6.42 Å². The van der Waals surface area contributed by atoms with Crippen LogP contribution in [0.1, 0.15) is 17.9 Å². The van der Waals surface area contributed by atoms with Gasteiger partial charge < -0.3 is 9.15 Å². The van der Waals surface area contributed by atoms with E-state index in [-0.39, 0.29) is 16.7 Å². The molecular weight excluding hydrogens is 290 g/mol. The van der Waals surface area contributed by atoms with Gasteiger partial charge >= 0.3 is 0 Å². The first-order valence-corrected chi connectivity index (χ1v) is 8.11. The molecule has 1 aromatic rings. The third-order valence-corrected chi connectivity index (χ3v) is 5.56. The summed E-state index contributed by atoms with van der Waals surface area (Å²) in [7, 11) is -1.86. The van der Waals surface area contributed by atoms with Gasteiger partial charge in [0, 0.05) is 26.3 Å². The van der Waals surface area contributed by atoms with Gasteiger partial charge in [0.15, 0.2) is 0 Å². The van der Waals surface area contributed by atoms with E-state index in [2.05, 4.69) is 0 Å². The van der Waals surface area contributed by atoms with Crippen molar-refractivity contribution in [3.05, 3.63) is 17.6 Å². The molecule has 1 aliphatic rings. The van der Waals surface area contributed by atoms with Crippen molar-refractivity contribution >= 4 is 21.6 Å². The van der Waals surface area contributed by atoms with Crippen LogP contribution in [0, 0.1) is 12.8 Å². The molecule has 1 unspecified atom stereocenters. The number of hydrogen-bond donors (Lipinski definition) is 0. The van der Waals surface area contributed by atoms with E-state index in [1.807, 2.05) is 0 Å². The van der Waals surface area contributed by atoms with Crippen LogP contribution in [-0.2, 0) is 20.6 Å². The van der Waals surface area contributed by atoms with Crippen molar-refractivity contribution in [2.75, 3.05) is 26.8 Å². The topological polar surface area (TPSA) is 59.8 Å². The van der Waals surface area contributed by atoms with E-state index < -0.39 is 10.0 Å². The number of alkyl halides is 1. The zero-order valence-electron chi connectivity index (χ0n) is 11.1. The van der Waals surface area contributed by atoms with Gasteiger partial charge in [0.1, 0.15) is 16.4 Å². The Morgan fingerprint density at radius 2 is 2.32 bits per heavy atom. The van der Waals surface area contributed by atoms with Gasteiger partial charge in [-0.1, -0.05) is 0 Å². The molecule has 2 rings (SSSR count). The SMILES string of the molecule is COCC1CCN(S(=O)(=O)c2cc(CCl)oc2C)C1.